The Morgan fingerprint density at radius 1 is 1.42 bits per heavy atom. The molecule has 0 unspecified atom stereocenters. The van der Waals surface area contributed by atoms with Crippen molar-refractivity contribution < 1.29 is 5.11 Å². The molecule has 0 aromatic carbocycles. The fourth-order valence-electron chi connectivity index (χ4n) is 0.430. The lowest BCUT2D eigenvalue weighted by Crippen LogP contribution is -1.95. The number of aliphatic hydroxyl groups excluding tert-OH is 1. The van der Waals surface area contributed by atoms with Crippen LogP contribution in [-0.2, 0) is 0 Å². The largest absolute Gasteiger partial charge is 0.396 e. The molecule has 0 aliphatic rings. The molecule has 0 aliphatic carbocycles. The first-order valence-corrected chi connectivity index (χ1v) is 3.68. The molecule has 0 bridgehead atoms. The average molecular weight is 169 g/mol. The molecule has 1 aromatic rings. The molecule has 4 heteroatoms. The van der Waals surface area contributed by atoms with Gasteiger partial charge in [-0.05, 0) is 26.0 Å². The number of pyridine rings is 1. The number of nitrogens with zero attached hydrogens (tertiary/aromatic N) is 1. The number of hydrogen-bond acceptors (Lipinski definition) is 4. The van der Waals surface area contributed by atoms with Crippen molar-refractivity contribution in [1.29, 1.82) is 0 Å². The Bertz CT molecular complexity index is 202. The molecule has 0 atom stereocenters. The Labute approximate surface area is 72.2 Å². The Kier molecular flexibility index (Phi) is 4.79. The Morgan fingerprint density at radius 2 is 1.92 bits per heavy atom. The zero-order valence-electron chi connectivity index (χ0n) is 7.36. The van der Waals surface area contributed by atoms with Crippen LogP contribution in [0.5, 0.6) is 0 Å². The Balaban J connectivity index is 0.000000261. The monoisotopic (exact) mass is 169 g/mol. The van der Waals surface area contributed by atoms with Gasteiger partial charge < -0.3 is 16.6 Å². The van der Waals surface area contributed by atoms with Crippen molar-refractivity contribution in [3.05, 3.63) is 18.3 Å². The molecule has 5 N–H and O–H groups in total. The van der Waals surface area contributed by atoms with Gasteiger partial charge in [0.1, 0.15) is 5.82 Å². The van der Waals surface area contributed by atoms with Crippen molar-refractivity contribution in [2.24, 2.45) is 0 Å². The number of nitrogens with two attached hydrogens (primary N) is 2. The minimum absolute atomic E-state index is 0.167. The minimum Gasteiger partial charge on any atom is -0.396 e. The van der Waals surface area contributed by atoms with Crippen LogP contribution in [0.25, 0.3) is 0 Å². The highest BCUT2D eigenvalue weighted by Crippen LogP contribution is 2.06. The van der Waals surface area contributed by atoms with Gasteiger partial charge in [0.15, 0.2) is 0 Å². The van der Waals surface area contributed by atoms with Gasteiger partial charge in [0.2, 0.25) is 0 Å². The second-order valence-electron chi connectivity index (χ2n) is 2.57. The van der Waals surface area contributed by atoms with Crippen molar-refractivity contribution in [2.45, 2.75) is 20.0 Å². The Hall–Kier alpha value is -1.29. The van der Waals surface area contributed by atoms with Crippen LogP contribution in [0.4, 0.5) is 11.5 Å². The van der Waals surface area contributed by atoms with E-state index < -0.39 is 0 Å². The lowest BCUT2D eigenvalue weighted by Gasteiger charge is -1.92. The lowest BCUT2D eigenvalue weighted by atomic mass is 10.4. The van der Waals surface area contributed by atoms with Gasteiger partial charge in [-0.25, -0.2) is 4.98 Å². The molecular weight excluding hydrogens is 154 g/mol. The van der Waals surface area contributed by atoms with E-state index in [4.69, 9.17) is 16.6 Å². The molecule has 12 heavy (non-hydrogen) atoms. The van der Waals surface area contributed by atoms with Gasteiger partial charge >= 0.3 is 0 Å². The lowest BCUT2D eigenvalue weighted by molar-refractivity contribution is 0.216. The average Bonchev–Trinajstić information content (AvgIpc) is 1.94. The zero-order chi connectivity index (χ0) is 9.56. The SMILES string of the molecule is CC(C)O.Nc1cccnc1N. The first-order valence-electron chi connectivity index (χ1n) is 3.68. The summed E-state index contributed by atoms with van der Waals surface area (Å²) in [5.74, 6) is 0.396. The van der Waals surface area contributed by atoms with E-state index in [-0.39, 0.29) is 6.10 Å². The van der Waals surface area contributed by atoms with Gasteiger partial charge in [-0.15, -0.1) is 0 Å². The summed E-state index contributed by atoms with van der Waals surface area (Å²) >= 11 is 0. The van der Waals surface area contributed by atoms with Crippen LogP contribution in [-0.4, -0.2) is 16.2 Å². The smallest absolute Gasteiger partial charge is 0.146 e. The predicted octanol–water partition coefficient (Wildman–Crippen LogP) is 0.633. The van der Waals surface area contributed by atoms with E-state index in [0.29, 0.717) is 11.5 Å². The number of nitrogen functional groups attached to an aromatic ring is 2. The molecule has 4 nitrogen and oxygen atoms in total. The molecule has 1 rings (SSSR count). The quantitative estimate of drug-likeness (QED) is 0.532. The van der Waals surface area contributed by atoms with Crippen molar-refractivity contribution in [3.63, 3.8) is 0 Å². The maximum Gasteiger partial charge on any atom is 0.146 e. The second-order valence-corrected chi connectivity index (χ2v) is 2.57. The molecule has 0 aliphatic heterocycles. The second kappa shape index (κ2) is 5.37. The molecule has 0 fully saturated rings. The highest BCUT2D eigenvalue weighted by Gasteiger charge is 1.87. The molecule has 0 spiro atoms. The number of rotatable bonds is 0. The maximum atomic E-state index is 8.06. The normalized spacial score (nSPS) is 9.00. The summed E-state index contributed by atoms with van der Waals surface area (Å²) in [6.07, 6.45) is 1.44. The van der Waals surface area contributed by atoms with Crippen molar-refractivity contribution in [1.82, 2.24) is 4.98 Å². The number of aliphatic hydroxyl groups is 1. The van der Waals surface area contributed by atoms with Gasteiger partial charge in [-0.2, -0.15) is 0 Å². The molecule has 68 valence electrons. The van der Waals surface area contributed by atoms with E-state index in [1.54, 1.807) is 32.2 Å². The van der Waals surface area contributed by atoms with Crippen LogP contribution < -0.4 is 11.5 Å². The van der Waals surface area contributed by atoms with E-state index in [1.165, 1.54) is 0 Å². The molecule has 0 amide bonds. The fraction of sp³-hybridized carbons (Fsp3) is 0.375. The van der Waals surface area contributed by atoms with Crippen LogP contribution in [0.2, 0.25) is 0 Å². The topological polar surface area (TPSA) is 85.2 Å². The van der Waals surface area contributed by atoms with Crippen molar-refractivity contribution >= 4 is 11.5 Å². The van der Waals surface area contributed by atoms with Crippen molar-refractivity contribution in [2.75, 3.05) is 11.5 Å². The summed E-state index contributed by atoms with van der Waals surface area (Å²) in [5, 5.41) is 8.06. The molecule has 1 heterocycles. The van der Waals surface area contributed by atoms with Crippen LogP contribution in [0.15, 0.2) is 18.3 Å². The summed E-state index contributed by atoms with van der Waals surface area (Å²) in [6, 6.07) is 3.45. The summed E-state index contributed by atoms with van der Waals surface area (Å²) in [4.78, 5) is 3.73. The predicted molar refractivity (Wildman–Crippen MR) is 50.4 cm³/mol. The first-order chi connectivity index (χ1) is 5.54. The first kappa shape index (κ1) is 10.7. The van der Waals surface area contributed by atoms with Gasteiger partial charge in [0, 0.05) is 12.3 Å². The highest BCUT2D eigenvalue weighted by atomic mass is 16.3. The van der Waals surface area contributed by atoms with Crippen LogP contribution in [0.1, 0.15) is 13.8 Å². The third kappa shape index (κ3) is 5.49. The van der Waals surface area contributed by atoms with Gasteiger partial charge in [-0.1, -0.05) is 0 Å². The summed E-state index contributed by atoms with van der Waals surface area (Å²) in [6.45, 7) is 3.44. The van der Waals surface area contributed by atoms with E-state index in [0.717, 1.165) is 0 Å². The fourth-order valence-corrected chi connectivity index (χ4v) is 0.430. The highest BCUT2D eigenvalue weighted by molar-refractivity contribution is 5.56. The van der Waals surface area contributed by atoms with Crippen LogP contribution in [0.3, 0.4) is 0 Å². The third-order valence-electron chi connectivity index (χ3n) is 0.871. The van der Waals surface area contributed by atoms with Gasteiger partial charge in [0.05, 0.1) is 5.69 Å². The summed E-state index contributed by atoms with van der Waals surface area (Å²) in [7, 11) is 0. The van der Waals surface area contributed by atoms with E-state index in [9.17, 15) is 0 Å². The third-order valence-corrected chi connectivity index (χ3v) is 0.871. The van der Waals surface area contributed by atoms with Gasteiger partial charge in [0.25, 0.3) is 0 Å². The van der Waals surface area contributed by atoms with Crippen LogP contribution >= 0.6 is 0 Å². The number of anilines is 2. The van der Waals surface area contributed by atoms with E-state index in [2.05, 4.69) is 4.98 Å². The molecule has 0 saturated carbocycles. The molecule has 0 radical (unpaired) electrons. The standard InChI is InChI=1S/C5H7N3.C3H8O/c6-4-2-1-3-8-5(4)7;1-3(2)4/h1-3H,6H2,(H2,7,8);3-4H,1-2H3. The zero-order valence-corrected chi connectivity index (χ0v) is 7.36. The maximum absolute atomic E-state index is 8.06. The van der Waals surface area contributed by atoms with Gasteiger partial charge in [-0.3, -0.25) is 0 Å². The molecule has 1 aromatic heterocycles. The minimum atomic E-state index is -0.167. The molecular formula is C8H15N3O. The number of aromatic nitrogens is 1. The number of hydrogen-bond donors (Lipinski definition) is 3. The summed E-state index contributed by atoms with van der Waals surface area (Å²) < 4.78 is 0. The van der Waals surface area contributed by atoms with E-state index in [1.807, 2.05) is 0 Å². The van der Waals surface area contributed by atoms with Crippen molar-refractivity contribution in [3.8, 4) is 0 Å². The van der Waals surface area contributed by atoms with E-state index >= 15 is 0 Å². The van der Waals surface area contributed by atoms with Crippen LogP contribution in [0, 0.1) is 0 Å². The molecule has 0 saturated heterocycles. The summed E-state index contributed by atoms with van der Waals surface area (Å²) in [5.41, 5.74) is 11.2. The Morgan fingerprint density at radius 3 is 2.17 bits per heavy atom.